The Hall–Kier alpha value is -0.780. The van der Waals surface area contributed by atoms with E-state index in [0.717, 1.165) is 0 Å². The number of carbonyl (C=O) groups excluding carboxylic acids is 1. The molecule has 1 rings (SSSR count). The van der Waals surface area contributed by atoms with E-state index >= 15 is 0 Å². The Kier molecular flexibility index (Phi) is 2.80. The summed E-state index contributed by atoms with van der Waals surface area (Å²) in [5.41, 5.74) is 5.06. The monoisotopic (exact) mass is 206 g/mol. The van der Waals surface area contributed by atoms with Crippen LogP contribution in [0.2, 0.25) is 0 Å². The van der Waals surface area contributed by atoms with Crippen LogP contribution in [-0.2, 0) is 9.84 Å². The van der Waals surface area contributed by atoms with Crippen molar-refractivity contribution < 1.29 is 13.2 Å². The molecular formula is C7H14N2O3S. The Morgan fingerprint density at radius 3 is 2.15 bits per heavy atom. The number of piperidine rings is 1. The Labute approximate surface area is 77.8 Å². The van der Waals surface area contributed by atoms with Gasteiger partial charge in [-0.25, -0.2) is 13.2 Å². The maximum atomic E-state index is 11.1. The number of likely N-dealkylation sites (tertiary alicyclic amines) is 1. The molecule has 0 bridgehead atoms. The molecule has 0 unspecified atom stereocenters. The molecule has 76 valence electrons. The third-order valence-electron chi connectivity index (χ3n) is 2.36. The molecule has 0 saturated carbocycles. The SMILES string of the molecule is CS(=O)(=O)C1CCN(C(N)=O)CC1. The Balaban J connectivity index is 2.53. The molecule has 0 radical (unpaired) electrons. The van der Waals surface area contributed by atoms with Crippen LogP contribution in [0.4, 0.5) is 4.79 Å². The van der Waals surface area contributed by atoms with E-state index in [0.29, 0.717) is 25.9 Å². The summed E-state index contributed by atoms with van der Waals surface area (Å²) in [6.45, 7) is 0.903. The van der Waals surface area contributed by atoms with Crippen LogP contribution < -0.4 is 5.73 Å². The van der Waals surface area contributed by atoms with Gasteiger partial charge in [0.1, 0.15) is 9.84 Å². The molecule has 5 nitrogen and oxygen atoms in total. The van der Waals surface area contributed by atoms with Gasteiger partial charge in [-0.1, -0.05) is 0 Å². The maximum Gasteiger partial charge on any atom is 0.314 e. The van der Waals surface area contributed by atoms with Crippen LogP contribution in [0, 0.1) is 0 Å². The van der Waals surface area contributed by atoms with Crippen molar-refractivity contribution in [1.82, 2.24) is 4.90 Å². The molecule has 6 heteroatoms. The molecule has 1 fully saturated rings. The normalized spacial score (nSPS) is 20.2. The van der Waals surface area contributed by atoms with Crippen molar-refractivity contribution in [3.63, 3.8) is 0 Å². The number of carbonyl (C=O) groups is 1. The summed E-state index contributed by atoms with van der Waals surface area (Å²) >= 11 is 0. The van der Waals surface area contributed by atoms with Crippen molar-refractivity contribution in [3.8, 4) is 0 Å². The van der Waals surface area contributed by atoms with Gasteiger partial charge in [-0.15, -0.1) is 0 Å². The number of primary amides is 1. The van der Waals surface area contributed by atoms with Crippen molar-refractivity contribution in [2.75, 3.05) is 19.3 Å². The van der Waals surface area contributed by atoms with Crippen LogP contribution in [0.3, 0.4) is 0 Å². The van der Waals surface area contributed by atoms with E-state index in [1.165, 1.54) is 11.2 Å². The summed E-state index contributed by atoms with van der Waals surface area (Å²) in [5, 5.41) is -0.303. The van der Waals surface area contributed by atoms with Crippen LogP contribution in [0.15, 0.2) is 0 Å². The first-order valence-corrected chi connectivity index (χ1v) is 6.10. The number of sulfone groups is 1. The van der Waals surface area contributed by atoms with Gasteiger partial charge in [0.15, 0.2) is 0 Å². The predicted molar refractivity (Wildman–Crippen MR) is 49.0 cm³/mol. The molecule has 1 saturated heterocycles. The molecule has 0 aromatic carbocycles. The summed E-state index contributed by atoms with van der Waals surface area (Å²) in [7, 11) is -2.95. The number of hydrogen-bond acceptors (Lipinski definition) is 3. The first kappa shape index (κ1) is 10.3. The molecule has 0 atom stereocenters. The molecule has 1 aliphatic heterocycles. The molecule has 0 aromatic rings. The molecule has 0 aromatic heterocycles. The largest absolute Gasteiger partial charge is 0.351 e. The molecule has 0 spiro atoms. The van der Waals surface area contributed by atoms with Gasteiger partial charge in [-0.3, -0.25) is 0 Å². The smallest absolute Gasteiger partial charge is 0.314 e. The minimum Gasteiger partial charge on any atom is -0.351 e. The predicted octanol–water partition coefficient (Wildman–Crippen LogP) is -0.426. The quantitative estimate of drug-likeness (QED) is 0.632. The van der Waals surface area contributed by atoms with Crippen molar-refractivity contribution in [2.24, 2.45) is 5.73 Å². The van der Waals surface area contributed by atoms with E-state index < -0.39 is 15.9 Å². The van der Waals surface area contributed by atoms with Crippen LogP contribution in [0.25, 0.3) is 0 Å². The average Bonchev–Trinajstić information content (AvgIpc) is 2.03. The lowest BCUT2D eigenvalue weighted by Crippen LogP contribution is -2.44. The fraction of sp³-hybridized carbons (Fsp3) is 0.857. The van der Waals surface area contributed by atoms with E-state index in [9.17, 15) is 13.2 Å². The molecule has 1 aliphatic rings. The third kappa shape index (κ3) is 2.58. The third-order valence-corrected chi connectivity index (χ3v) is 4.04. The van der Waals surface area contributed by atoms with Crippen LogP contribution in [0.5, 0.6) is 0 Å². The maximum absolute atomic E-state index is 11.1. The van der Waals surface area contributed by atoms with Gasteiger partial charge in [0.05, 0.1) is 5.25 Å². The molecule has 13 heavy (non-hydrogen) atoms. The van der Waals surface area contributed by atoms with Gasteiger partial charge in [0.25, 0.3) is 0 Å². The second kappa shape index (κ2) is 3.53. The number of nitrogens with zero attached hydrogens (tertiary/aromatic N) is 1. The lowest BCUT2D eigenvalue weighted by molar-refractivity contribution is 0.196. The lowest BCUT2D eigenvalue weighted by Gasteiger charge is -2.29. The van der Waals surface area contributed by atoms with Crippen molar-refractivity contribution >= 4 is 15.9 Å². The standard InChI is InChI=1S/C7H14N2O3S/c1-13(11,12)6-2-4-9(5-3-6)7(8)10/h6H,2-5H2,1H3,(H2,8,10). The zero-order valence-corrected chi connectivity index (χ0v) is 8.38. The number of rotatable bonds is 1. The summed E-state index contributed by atoms with van der Waals surface area (Å²) < 4.78 is 22.3. The topological polar surface area (TPSA) is 80.5 Å². The van der Waals surface area contributed by atoms with Gasteiger partial charge >= 0.3 is 6.03 Å². The van der Waals surface area contributed by atoms with Crippen molar-refractivity contribution in [3.05, 3.63) is 0 Å². The minimum absolute atomic E-state index is 0.303. The number of amides is 2. The van der Waals surface area contributed by atoms with E-state index in [1.54, 1.807) is 0 Å². The zero-order valence-electron chi connectivity index (χ0n) is 7.56. The molecule has 0 aliphatic carbocycles. The highest BCUT2D eigenvalue weighted by Crippen LogP contribution is 2.16. The van der Waals surface area contributed by atoms with Gasteiger partial charge in [0.2, 0.25) is 0 Å². The van der Waals surface area contributed by atoms with Crippen LogP contribution >= 0.6 is 0 Å². The van der Waals surface area contributed by atoms with E-state index in [4.69, 9.17) is 5.73 Å². The molecular weight excluding hydrogens is 192 g/mol. The highest BCUT2D eigenvalue weighted by Gasteiger charge is 2.27. The summed E-state index contributed by atoms with van der Waals surface area (Å²) in [6.07, 6.45) is 2.24. The van der Waals surface area contributed by atoms with Gasteiger partial charge in [-0.2, -0.15) is 0 Å². The van der Waals surface area contributed by atoms with E-state index in [-0.39, 0.29) is 5.25 Å². The first-order chi connectivity index (χ1) is 5.91. The van der Waals surface area contributed by atoms with Gasteiger partial charge < -0.3 is 10.6 Å². The van der Waals surface area contributed by atoms with E-state index in [2.05, 4.69) is 0 Å². The van der Waals surface area contributed by atoms with Crippen molar-refractivity contribution in [1.29, 1.82) is 0 Å². The highest BCUT2D eigenvalue weighted by molar-refractivity contribution is 7.91. The Morgan fingerprint density at radius 1 is 1.38 bits per heavy atom. The summed E-state index contributed by atoms with van der Waals surface area (Å²) in [6, 6.07) is -0.466. The van der Waals surface area contributed by atoms with Crippen LogP contribution in [0.1, 0.15) is 12.8 Å². The fourth-order valence-corrected chi connectivity index (χ4v) is 2.57. The second-order valence-corrected chi connectivity index (χ2v) is 5.68. The van der Waals surface area contributed by atoms with Crippen LogP contribution in [-0.4, -0.2) is 43.9 Å². The number of hydrogen-bond donors (Lipinski definition) is 1. The Bertz CT molecular complexity index is 291. The first-order valence-electron chi connectivity index (χ1n) is 4.14. The second-order valence-electron chi connectivity index (χ2n) is 3.35. The minimum atomic E-state index is -2.95. The van der Waals surface area contributed by atoms with E-state index in [1.807, 2.05) is 0 Å². The highest BCUT2D eigenvalue weighted by atomic mass is 32.2. The fourth-order valence-electron chi connectivity index (χ4n) is 1.50. The van der Waals surface area contributed by atoms with Gasteiger partial charge in [0, 0.05) is 19.3 Å². The molecule has 1 heterocycles. The molecule has 2 amide bonds. The Morgan fingerprint density at radius 2 is 1.85 bits per heavy atom. The summed E-state index contributed by atoms with van der Waals surface area (Å²) in [4.78, 5) is 12.2. The lowest BCUT2D eigenvalue weighted by atomic mass is 10.1. The molecule has 2 N–H and O–H groups in total. The van der Waals surface area contributed by atoms with Crippen molar-refractivity contribution in [2.45, 2.75) is 18.1 Å². The zero-order chi connectivity index (χ0) is 10.1. The van der Waals surface area contributed by atoms with Gasteiger partial charge in [-0.05, 0) is 12.8 Å². The summed E-state index contributed by atoms with van der Waals surface area (Å²) in [5.74, 6) is 0. The number of nitrogens with two attached hydrogens (primary N) is 1. The average molecular weight is 206 g/mol. The number of urea groups is 1.